The Labute approximate surface area is 97.5 Å². The van der Waals surface area contributed by atoms with Crippen LogP contribution in [-0.4, -0.2) is 24.1 Å². The lowest BCUT2D eigenvalue weighted by atomic mass is 10.1. The topological polar surface area (TPSA) is 47.0 Å². The second kappa shape index (κ2) is 5.80. The minimum atomic E-state index is -0.0702. The molecule has 1 heterocycles. The lowest BCUT2D eigenvalue weighted by Crippen LogP contribution is -2.09. The first-order chi connectivity index (χ1) is 7.56. The summed E-state index contributed by atoms with van der Waals surface area (Å²) in [5.41, 5.74) is 1.06. The number of hydrogen-bond acceptors (Lipinski definition) is 4. The largest absolute Gasteiger partial charge is 0.374 e. The summed E-state index contributed by atoms with van der Waals surface area (Å²) >= 11 is 0. The number of nitrogens with zero attached hydrogens (tertiary/aromatic N) is 2. The summed E-state index contributed by atoms with van der Waals surface area (Å²) in [7, 11) is 3.53. The average molecular weight is 223 g/mol. The summed E-state index contributed by atoms with van der Waals surface area (Å²) in [6.07, 6.45) is 0.889. The first-order valence-electron chi connectivity index (χ1n) is 5.65. The van der Waals surface area contributed by atoms with Crippen molar-refractivity contribution in [3.8, 4) is 0 Å². The van der Waals surface area contributed by atoms with Crippen LogP contribution in [0.3, 0.4) is 0 Å². The van der Waals surface area contributed by atoms with E-state index in [9.17, 15) is 0 Å². The summed E-state index contributed by atoms with van der Waals surface area (Å²) in [6.45, 7) is 6.31. The highest BCUT2D eigenvalue weighted by Crippen LogP contribution is 2.16. The van der Waals surface area contributed by atoms with Gasteiger partial charge in [-0.15, -0.1) is 0 Å². The van der Waals surface area contributed by atoms with Crippen molar-refractivity contribution in [1.29, 1.82) is 0 Å². The fourth-order valence-corrected chi connectivity index (χ4v) is 1.46. The Morgan fingerprint density at radius 2 is 2.00 bits per heavy atom. The van der Waals surface area contributed by atoms with Crippen molar-refractivity contribution >= 4 is 5.82 Å². The van der Waals surface area contributed by atoms with E-state index in [0.717, 1.165) is 23.8 Å². The van der Waals surface area contributed by atoms with Crippen LogP contribution >= 0.6 is 0 Å². The number of rotatable bonds is 5. The van der Waals surface area contributed by atoms with E-state index in [1.165, 1.54) is 0 Å². The van der Waals surface area contributed by atoms with Crippen LogP contribution < -0.4 is 5.32 Å². The van der Waals surface area contributed by atoms with E-state index in [-0.39, 0.29) is 6.10 Å². The molecule has 0 saturated heterocycles. The van der Waals surface area contributed by atoms with Gasteiger partial charge in [0.2, 0.25) is 0 Å². The van der Waals surface area contributed by atoms with E-state index in [1.54, 1.807) is 7.11 Å². The fraction of sp³-hybridized carbons (Fsp3) is 0.667. The van der Waals surface area contributed by atoms with Crippen molar-refractivity contribution in [2.24, 2.45) is 5.92 Å². The van der Waals surface area contributed by atoms with Gasteiger partial charge in [-0.1, -0.05) is 13.8 Å². The number of aromatic nitrogens is 2. The third-order valence-electron chi connectivity index (χ3n) is 2.39. The van der Waals surface area contributed by atoms with Crippen molar-refractivity contribution in [3.05, 3.63) is 17.6 Å². The smallest absolute Gasteiger partial charge is 0.159 e. The molecule has 16 heavy (non-hydrogen) atoms. The number of nitrogens with one attached hydrogen (secondary N) is 1. The van der Waals surface area contributed by atoms with Gasteiger partial charge < -0.3 is 10.1 Å². The molecule has 1 rings (SSSR count). The van der Waals surface area contributed by atoms with E-state index in [2.05, 4.69) is 29.1 Å². The van der Waals surface area contributed by atoms with Crippen LogP contribution in [0.2, 0.25) is 0 Å². The van der Waals surface area contributed by atoms with E-state index in [1.807, 2.05) is 20.0 Å². The van der Waals surface area contributed by atoms with Crippen molar-refractivity contribution in [2.75, 3.05) is 19.5 Å². The van der Waals surface area contributed by atoms with Gasteiger partial charge in [-0.25, -0.2) is 9.97 Å². The molecule has 1 aromatic rings. The predicted molar refractivity (Wildman–Crippen MR) is 65.5 cm³/mol. The Morgan fingerprint density at radius 1 is 1.31 bits per heavy atom. The number of ether oxygens (including phenoxy) is 1. The van der Waals surface area contributed by atoms with E-state index >= 15 is 0 Å². The van der Waals surface area contributed by atoms with Gasteiger partial charge in [0, 0.05) is 25.9 Å². The van der Waals surface area contributed by atoms with Crippen LogP contribution in [0.25, 0.3) is 0 Å². The summed E-state index contributed by atoms with van der Waals surface area (Å²) in [4.78, 5) is 8.90. The lowest BCUT2D eigenvalue weighted by molar-refractivity contribution is 0.112. The summed E-state index contributed by atoms with van der Waals surface area (Å²) in [5, 5.41) is 3.05. The number of hydrogen-bond donors (Lipinski definition) is 1. The minimum absolute atomic E-state index is 0.0702. The van der Waals surface area contributed by atoms with Crippen LogP contribution in [0.4, 0.5) is 5.82 Å². The van der Waals surface area contributed by atoms with E-state index < -0.39 is 0 Å². The maximum absolute atomic E-state index is 5.24. The molecule has 1 N–H and O–H groups in total. The standard InChI is InChI=1S/C12H21N3O/c1-8(2)6-10-7-11(13-4)15-12(14-10)9(3)16-5/h7-9H,6H2,1-5H3,(H,13,14,15). The highest BCUT2D eigenvalue weighted by atomic mass is 16.5. The van der Waals surface area contributed by atoms with E-state index in [0.29, 0.717) is 5.92 Å². The Balaban J connectivity index is 3.00. The van der Waals surface area contributed by atoms with Crippen molar-refractivity contribution in [3.63, 3.8) is 0 Å². The summed E-state index contributed by atoms with van der Waals surface area (Å²) in [6, 6.07) is 1.99. The molecule has 0 bridgehead atoms. The Kier molecular flexibility index (Phi) is 4.68. The quantitative estimate of drug-likeness (QED) is 0.832. The SMILES string of the molecule is CNc1cc(CC(C)C)nc(C(C)OC)n1. The van der Waals surface area contributed by atoms with Gasteiger partial charge in [0.25, 0.3) is 0 Å². The van der Waals surface area contributed by atoms with Gasteiger partial charge in [-0.2, -0.15) is 0 Å². The summed E-state index contributed by atoms with van der Waals surface area (Å²) < 4.78 is 5.24. The van der Waals surface area contributed by atoms with Crippen LogP contribution in [-0.2, 0) is 11.2 Å². The monoisotopic (exact) mass is 223 g/mol. The third kappa shape index (κ3) is 3.45. The number of methoxy groups -OCH3 is 1. The molecule has 0 aromatic carbocycles. The highest BCUT2D eigenvalue weighted by molar-refractivity contribution is 5.35. The molecule has 0 radical (unpaired) electrons. The molecule has 0 amide bonds. The lowest BCUT2D eigenvalue weighted by Gasteiger charge is -2.12. The minimum Gasteiger partial charge on any atom is -0.374 e. The van der Waals surface area contributed by atoms with Crippen molar-refractivity contribution < 1.29 is 4.74 Å². The molecule has 0 aliphatic rings. The van der Waals surface area contributed by atoms with Gasteiger partial charge in [0.15, 0.2) is 5.82 Å². The first-order valence-corrected chi connectivity index (χ1v) is 5.65. The molecule has 0 aliphatic heterocycles. The first kappa shape index (κ1) is 12.9. The summed E-state index contributed by atoms with van der Waals surface area (Å²) in [5.74, 6) is 2.18. The normalized spacial score (nSPS) is 12.9. The molecule has 4 heteroatoms. The highest BCUT2D eigenvalue weighted by Gasteiger charge is 2.11. The maximum atomic E-state index is 5.24. The zero-order valence-corrected chi connectivity index (χ0v) is 10.7. The van der Waals surface area contributed by atoms with E-state index in [4.69, 9.17) is 4.74 Å². The predicted octanol–water partition coefficient (Wildman–Crippen LogP) is 2.42. The number of anilines is 1. The maximum Gasteiger partial charge on any atom is 0.159 e. The third-order valence-corrected chi connectivity index (χ3v) is 2.39. The molecule has 0 spiro atoms. The van der Waals surface area contributed by atoms with Crippen LogP contribution in [0, 0.1) is 5.92 Å². The van der Waals surface area contributed by atoms with Crippen LogP contribution in [0.5, 0.6) is 0 Å². The van der Waals surface area contributed by atoms with Gasteiger partial charge in [-0.05, 0) is 19.3 Å². The molecule has 0 fully saturated rings. The average Bonchev–Trinajstić information content (AvgIpc) is 2.26. The molecule has 1 atom stereocenters. The Bertz CT molecular complexity index is 339. The second-order valence-corrected chi connectivity index (χ2v) is 4.33. The molecule has 1 unspecified atom stereocenters. The van der Waals surface area contributed by atoms with Gasteiger partial charge in [0.1, 0.15) is 11.9 Å². The zero-order valence-electron chi connectivity index (χ0n) is 10.7. The van der Waals surface area contributed by atoms with Crippen LogP contribution in [0.1, 0.15) is 38.4 Å². The molecular weight excluding hydrogens is 202 g/mol. The fourth-order valence-electron chi connectivity index (χ4n) is 1.46. The van der Waals surface area contributed by atoms with Crippen LogP contribution in [0.15, 0.2) is 6.07 Å². The van der Waals surface area contributed by atoms with Gasteiger partial charge in [0.05, 0.1) is 0 Å². The van der Waals surface area contributed by atoms with Gasteiger partial charge in [-0.3, -0.25) is 0 Å². The molecule has 0 aliphatic carbocycles. The Hall–Kier alpha value is -1.16. The molecular formula is C12H21N3O. The molecule has 4 nitrogen and oxygen atoms in total. The second-order valence-electron chi connectivity index (χ2n) is 4.33. The van der Waals surface area contributed by atoms with Crippen molar-refractivity contribution in [1.82, 2.24) is 9.97 Å². The molecule has 90 valence electrons. The van der Waals surface area contributed by atoms with Gasteiger partial charge >= 0.3 is 0 Å². The molecule has 1 aromatic heterocycles. The Morgan fingerprint density at radius 3 is 2.50 bits per heavy atom. The van der Waals surface area contributed by atoms with Crippen molar-refractivity contribution in [2.45, 2.75) is 33.3 Å². The zero-order chi connectivity index (χ0) is 12.1. The molecule has 0 saturated carbocycles.